The molecular formula is C29H31N5O5. The smallest absolute Gasteiger partial charge is 0.414 e. The summed E-state index contributed by atoms with van der Waals surface area (Å²) >= 11 is 0. The van der Waals surface area contributed by atoms with Crippen LogP contribution in [0, 0.1) is 0 Å². The summed E-state index contributed by atoms with van der Waals surface area (Å²) in [4.78, 5) is 47.0. The molecule has 2 fully saturated rings. The number of carbonyl (C=O) groups is 3. The van der Waals surface area contributed by atoms with Gasteiger partial charge in [-0.3, -0.25) is 24.3 Å². The van der Waals surface area contributed by atoms with E-state index < -0.39 is 12.0 Å². The van der Waals surface area contributed by atoms with Gasteiger partial charge >= 0.3 is 12.1 Å². The Hall–Kier alpha value is -4.28. The van der Waals surface area contributed by atoms with E-state index in [0.717, 1.165) is 37.0 Å². The second-order valence-electron chi connectivity index (χ2n) is 9.65. The summed E-state index contributed by atoms with van der Waals surface area (Å²) in [5.41, 5.74) is 7.92. The van der Waals surface area contributed by atoms with Crippen molar-refractivity contribution in [3.63, 3.8) is 0 Å². The number of cyclic esters (lactones) is 1. The molecule has 1 atom stereocenters. The topological polar surface area (TPSA) is 118 Å². The largest absolute Gasteiger partial charge is 0.468 e. The van der Waals surface area contributed by atoms with Crippen molar-refractivity contribution < 1.29 is 23.9 Å². The predicted molar refractivity (Wildman–Crippen MR) is 148 cm³/mol. The lowest BCUT2D eigenvalue weighted by Gasteiger charge is -2.34. The maximum absolute atomic E-state index is 12.9. The average Bonchev–Trinajstić information content (AvgIpc) is 3.33. The minimum Gasteiger partial charge on any atom is -0.468 e. The molecule has 2 aliphatic heterocycles. The van der Waals surface area contributed by atoms with Crippen LogP contribution in [0.4, 0.5) is 10.5 Å². The van der Waals surface area contributed by atoms with E-state index in [9.17, 15) is 14.4 Å². The van der Waals surface area contributed by atoms with Crippen LogP contribution in [-0.4, -0.2) is 92.6 Å². The van der Waals surface area contributed by atoms with Crippen LogP contribution in [-0.2, 0) is 14.3 Å². The predicted octanol–water partition coefficient (Wildman–Crippen LogP) is 2.50. The van der Waals surface area contributed by atoms with Crippen LogP contribution in [0.15, 0.2) is 71.7 Å². The van der Waals surface area contributed by atoms with Gasteiger partial charge in [0.2, 0.25) is 0 Å². The molecule has 0 aliphatic carbocycles. The molecule has 3 aromatic carbocycles. The Kier molecular flexibility index (Phi) is 7.85. The Balaban J connectivity index is 1.18. The van der Waals surface area contributed by atoms with Gasteiger partial charge < -0.3 is 15.2 Å². The zero-order valence-corrected chi connectivity index (χ0v) is 21.8. The summed E-state index contributed by atoms with van der Waals surface area (Å²) in [5, 5.41) is 1.78. The molecule has 0 saturated carbocycles. The quantitative estimate of drug-likeness (QED) is 0.282. The third-order valence-corrected chi connectivity index (χ3v) is 7.10. The van der Waals surface area contributed by atoms with Crippen molar-refractivity contribution in [2.45, 2.75) is 6.10 Å². The van der Waals surface area contributed by atoms with E-state index in [1.807, 2.05) is 36.4 Å². The molecule has 10 nitrogen and oxygen atoms in total. The molecule has 0 radical (unpaired) electrons. The highest BCUT2D eigenvalue weighted by Crippen LogP contribution is 2.24. The zero-order chi connectivity index (χ0) is 27.4. The van der Waals surface area contributed by atoms with Crippen molar-refractivity contribution in [2.24, 2.45) is 10.7 Å². The van der Waals surface area contributed by atoms with Crippen LogP contribution < -0.4 is 10.6 Å². The van der Waals surface area contributed by atoms with E-state index in [4.69, 9.17) is 15.2 Å². The summed E-state index contributed by atoms with van der Waals surface area (Å²) in [6.07, 6.45) is -0.654. The maximum atomic E-state index is 12.9. The number of hydrogen-bond acceptors (Lipinski definition) is 7. The Bertz CT molecular complexity index is 1390. The van der Waals surface area contributed by atoms with Crippen LogP contribution >= 0.6 is 0 Å². The highest BCUT2D eigenvalue weighted by molar-refractivity contribution is 6.13. The third kappa shape index (κ3) is 6.08. The minimum atomic E-state index is -0.412. The van der Waals surface area contributed by atoms with E-state index in [0.29, 0.717) is 36.4 Å². The lowest BCUT2D eigenvalue weighted by Crippen LogP contribution is -2.50. The summed E-state index contributed by atoms with van der Waals surface area (Å²) in [6, 6.07) is 20.2. The van der Waals surface area contributed by atoms with Crippen molar-refractivity contribution in [3.8, 4) is 0 Å². The van der Waals surface area contributed by atoms with Gasteiger partial charge in [-0.15, -0.1) is 0 Å². The van der Waals surface area contributed by atoms with Gasteiger partial charge in [0.25, 0.3) is 5.91 Å². The first-order chi connectivity index (χ1) is 18.9. The molecule has 202 valence electrons. The molecule has 5 rings (SSSR count). The minimum absolute atomic E-state index is 0.104. The van der Waals surface area contributed by atoms with Gasteiger partial charge in [-0.1, -0.05) is 36.4 Å². The summed E-state index contributed by atoms with van der Waals surface area (Å²) in [5.74, 6) is -0.544. The number of aliphatic imine (C=N–C) groups is 1. The fourth-order valence-electron chi connectivity index (χ4n) is 4.95. The van der Waals surface area contributed by atoms with E-state index in [2.05, 4.69) is 14.8 Å². The molecule has 2 saturated heterocycles. The highest BCUT2D eigenvalue weighted by Gasteiger charge is 2.34. The number of nitrogens with zero attached hydrogens (tertiary/aromatic N) is 4. The Labute approximate surface area is 226 Å². The van der Waals surface area contributed by atoms with Crippen LogP contribution in [0.3, 0.4) is 0 Å². The first-order valence-corrected chi connectivity index (χ1v) is 12.9. The number of hydrogen-bond donors (Lipinski definition) is 1. The standard InChI is InChI=1S/C29H31N5O5/c1-38-26(35)19-33-15-13-32(14-16-33)17-23-18-34(29(37)39-23)22-11-9-21(10-12-22)27(30)31-28(36)25-8-4-6-20-5-2-3-7-24(20)25/h2-12,23H,13-19H2,1H3,(H2,30,31,36). The molecule has 0 aromatic heterocycles. The van der Waals surface area contributed by atoms with Crippen molar-refractivity contribution in [2.75, 3.05) is 57.8 Å². The van der Waals surface area contributed by atoms with Gasteiger partial charge in [0.1, 0.15) is 11.9 Å². The Morgan fingerprint density at radius 3 is 2.41 bits per heavy atom. The number of carbonyl (C=O) groups excluding carboxylic acids is 3. The summed E-state index contributed by atoms with van der Waals surface area (Å²) in [6.45, 7) is 4.44. The van der Waals surface area contributed by atoms with Gasteiger partial charge in [-0.25, -0.2) is 4.79 Å². The molecule has 2 heterocycles. The fraction of sp³-hybridized carbons (Fsp3) is 0.310. The van der Waals surface area contributed by atoms with E-state index >= 15 is 0 Å². The van der Waals surface area contributed by atoms with E-state index in [1.54, 1.807) is 35.2 Å². The molecule has 0 bridgehead atoms. The first kappa shape index (κ1) is 26.3. The molecule has 39 heavy (non-hydrogen) atoms. The molecule has 2 N–H and O–H groups in total. The lowest BCUT2D eigenvalue weighted by atomic mass is 10.0. The van der Waals surface area contributed by atoms with Gasteiger partial charge in [0.05, 0.1) is 20.2 Å². The second-order valence-corrected chi connectivity index (χ2v) is 9.65. The number of rotatable bonds is 7. The second kappa shape index (κ2) is 11.6. The summed E-state index contributed by atoms with van der Waals surface area (Å²) < 4.78 is 10.4. The molecule has 1 unspecified atom stereocenters. The molecule has 10 heteroatoms. The number of piperazine rings is 1. The fourth-order valence-corrected chi connectivity index (χ4v) is 4.95. The highest BCUT2D eigenvalue weighted by atomic mass is 16.6. The molecule has 2 amide bonds. The van der Waals surface area contributed by atoms with E-state index in [-0.39, 0.29) is 17.9 Å². The van der Waals surface area contributed by atoms with Crippen molar-refractivity contribution in [1.29, 1.82) is 0 Å². The number of ether oxygens (including phenoxy) is 2. The van der Waals surface area contributed by atoms with Gasteiger partial charge in [0, 0.05) is 49.5 Å². The number of amides is 2. The average molecular weight is 530 g/mol. The summed E-state index contributed by atoms with van der Waals surface area (Å²) in [7, 11) is 1.39. The SMILES string of the molecule is COC(=O)CN1CCN(CC2CN(c3ccc(C(N)=NC(=O)c4cccc5ccccc45)cc3)C(=O)O2)CC1. The van der Waals surface area contributed by atoms with Crippen LogP contribution in [0.2, 0.25) is 0 Å². The van der Waals surface area contributed by atoms with Gasteiger partial charge in [0.15, 0.2) is 0 Å². The molecular weight excluding hydrogens is 498 g/mol. The number of methoxy groups -OCH3 is 1. The monoisotopic (exact) mass is 529 g/mol. The number of anilines is 1. The van der Waals surface area contributed by atoms with Crippen LogP contribution in [0.1, 0.15) is 15.9 Å². The number of amidine groups is 1. The first-order valence-electron chi connectivity index (χ1n) is 12.9. The Morgan fingerprint density at radius 1 is 0.974 bits per heavy atom. The third-order valence-electron chi connectivity index (χ3n) is 7.10. The normalized spacial score (nSPS) is 18.8. The van der Waals surface area contributed by atoms with E-state index in [1.165, 1.54) is 7.11 Å². The number of benzene rings is 3. The van der Waals surface area contributed by atoms with Crippen LogP contribution in [0.5, 0.6) is 0 Å². The number of fused-ring (bicyclic) bond motifs is 1. The van der Waals surface area contributed by atoms with Crippen molar-refractivity contribution >= 4 is 40.3 Å². The zero-order valence-electron chi connectivity index (χ0n) is 21.8. The van der Waals surface area contributed by atoms with Gasteiger partial charge in [-0.05, 0) is 41.1 Å². The lowest BCUT2D eigenvalue weighted by molar-refractivity contribution is -0.142. The number of nitrogens with two attached hydrogens (primary N) is 1. The maximum Gasteiger partial charge on any atom is 0.414 e. The Morgan fingerprint density at radius 2 is 1.67 bits per heavy atom. The van der Waals surface area contributed by atoms with Crippen molar-refractivity contribution in [1.82, 2.24) is 9.80 Å². The van der Waals surface area contributed by atoms with Crippen LogP contribution in [0.25, 0.3) is 10.8 Å². The molecule has 2 aliphatic rings. The number of esters is 1. The van der Waals surface area contributed by atoms with Gasteiger partial charge in [-0.2, -0.15) is 4.99 Å². The molecule has 3 aromatic rings. The van der Waals surface area contributed by atoms with Crippen molar-refractivity contribution in [3.05, 3.63) is 77.9 Å². The molecule has 0 spiro atoms.